The molecule has 0 bridgehead atoms. The predicted molar refractivity (Wildman–Crippen MR) is 89.9 cm³/mol. The molecule has 0 aliphatic rings. The third kappa shape index (κ3) is 3.10. The fourth-order valence-corrected chi connectivity index (χ4v) is 3.24. The lowest BCUT2D eigenvalue weighted by Crippen LogP contribution is -2.11. The summed E-state index contributed by atoms with van der Waals surface area (Å²) in [6, 6.07) is 14.8. The molecule has 0 unspecified atom stereocenters. The zero-order valence-corrected chi connectivity index (χ0v) is 13.3. The van der Waals surface area contributed by atoms with Crippen LogP contribution in [-0.2, 0) is 18.3 Å². The Morgan fingerprint density at radius 2 is 1.96 bits per heavy atom. The minimum absolute atomic E-state index is 0.0982. The number of aliphatic carboxylic acids is 1. The van der Waals surface area contributed by atoms with Gasteiger partial charge in [0.2, 0.25) is 5.78 Å². The minimum Gasteiger partial charge on any atom is -0.481 e. The highest BCUT2D eigenvalue weighted by Gasteiger charge is 2.16. The van der Waals surface area contributed by atoms with E-state index in [1.54, 1.807) is 41.2 Å². The molecule has 0 saturated carbocycles. The van der Waals surface area contributed by atoms with Crippen molar-refractivity contribution in [2.75, 3.05) is 0 Å². The third-order valence-electron chi connectivity index (χ3n) is 3.72. The Morgan fingerprint density at radius 3 is 2.65 bits per heavy atom. The first kappa shape index (κ1) is 15.2. The summed E-state index contributed by atoms with van der Waals surface area (Å²) in [7, 11) is 1.72. The average molecular weight is 325 g/mol. The van der Waals surface area contributed by atoms with Crippen LogP contribution in [0.15, 0.2) is 53.9 Å². The molecule has 23 heavy (non-hydrogen) atoms. The summed E-state index contributed by atoms with van der Waals surface area (Å²) in [6.45, 7) is 0. The van der Waals surface area contributed by atoms with Crippen molar-refractivity contribution in [3.8, 4) is 10.4 Å². The van der Waals surface area contributed by atoms with E-state index in [1.165, 1.54) is 0 Å². The van der Waals surface area contributed by atoms with Crippen LogP contribution in [0.5, 0.6) is 0 Å². The molecule has 1 aromatic carbocycles. The van der Waals surface area contributed by atoms with Gasteiger partial charge in [0.05, 0.1) is 12.1 Å². The normalized spacial score (nSPS) is 10.7. The molecule has 0 aliphatic carbocycles. The van der Waals surface area contributed by atoms with Crippen molar-refractivity contribution in [3.05, 3.63) is 70.9 Å². The number of rotatable bonds is 5. The number of carbonyl (C=O) groups excluding carboxylic acids is 1. The topological polar surface area (TPSA) is 59.3 Å². The van der Waals surface area contributed by atoms with Crippen molar-refractivity contribution >= 4 is 23.1 Å². The third-order valence-corrected chi connectivity index (χ3v) is 4.64. The summed E-state index contributed by atoms with van der Waals surface area (Å²) < 4.78 is 1.65. The summed E-state index contributed by atoms with van der Waals surface area (Å²) in [5.41, 5.74) is 2.70. The maximum atomic E-state index is 12.7. The van der Waals surface area contributed by atoms with Gasteiger partial charge in [0.25, 0.3) is 0 Å². The van der Waals surface area contributed by atoms with Crippen molar-refractivity contribution in [3.63, 3.8) is 0 Å². The first-order chi connectivity index (χ1) is 11.1. The number of nitrogens with zero attached hydrogens (tertiary/aromatic N) is 1. The highest BCUT2D eigenvalue weighted by Crippen LogP contribution is 2.26. The van der Waals surface area contributed by atoms with Crippen LogP contribution < -0.4 is 0 Å². The monoisotopic (exact) mass is 325 g/mol. The van der Waals surface area contributed by atoms with Gasteiger partial charge >= 0.3 is 5.97 Å². The lowest BCUT2D eigenvalue weighted by Gasteiger charge is -2.07. The smallest absolute Gasteiger partial charge is 0.309 e. The van der Waals surface area contributed by atoms with E-state index in [9.17, 15) is 9.59 Å². The second-order valence-corrected chi connectivity index (χ2v) is 6.17. The summed E-state index contributed by atoms with van der Waals surface area (Å²) in [5.74, 6) is -1.02. The standard InChI is InChI=1S/C18H15NO3S/c1-19-14(11-17(20)21)7-8-15(19)18(22)13-5-2-4-12(10-13)16-6-3-9-23-16/h2-10H,11H2,1H3,(H,20,21). The molecular formula is C18H15NO3S. The van der Waals surface area contributed by atoms with Crippen LogP contribution in [0, 0.1) is 0 Å². The number of ketones is 1. The molecule has 2 aromatic heterocycles. The first-order valence-electron chi connectivity index (χ1n) is 7.11. The zero-order valence-electron chi connectivity index (χ0n) is 12.5. The molecule has 5 heteroatoms. The number of carboxylic acids is 1. The van der Waals surface area contributed by atoms with E-state index in [0.29, 0.717) is 17.0 Å². The number of carbonyl (C=O) groups is 2. The van der Waals surface area contributed by atoms with Crippen molar-refractivity contribution in [1.82, 2.24) is 4.57 Å². The van der Waals surface area contributed by atoms with Gasteiger partial charge in [-0.3, -0.25) is 9.59 Å². The molecule has 2 heterocycles. The van der Waals surface area contributed by atoms with Gasteiger partial charge in [-0.05, 0) is 35.2 Å². The SMILES string of the molecule is Cn1c(CC(=O)O)ccc1C(=O)c1cccc(-c2cccs2)c1. The number of carboxylic acid groups (broad SMARTS) is 1. The average Bonchev–Trinajstić information content (AvgIpc) is 3.18. The maximum absolute atomic E-state index is 12.7. The Bertz CT molecular complexity index is 862. The molecular weight excluding hydrogens is 310 g/mol. The van der Waals surface area contributed by atoms with Crippen LogP contribution in [0.25, 0.3) is 10.4 Å². The van der Waals surface area contributed by atoms with Crippen molar-refractivity contribution in [2.45, 2.75) is 6.42 Å². The van der Waals surface area contributed by atoms with E-state index in [0.717, 1.165) is 10.4 Å². The van der Waals surface area contributed by atoms with Gasteiger partial charge in [-0.2, -0.15) is 0 Å². The number of benzene rings is 1. The Morgan fingerprint density at radius 1 is 1.13 bits per heavy atom. The summed E-state index contributed by atoms with van der Waals surface area (Å²) >= 11 is 1.62. The Balaban J connectivity index is 1.93. The Kier molecular flexibility index (Phi) is 4.12. The van der Waals surface area contributed by atoms with Crippen molar-refractivity contribution < 1.29 is 14.7 Å². The summed E-state index contributed by atoms with van der Waals surface area (Å²) in [4.78, 5) is 24.7. The highest BCUT2D eigenvalue weighted by atomic mass is 32.1. The molecule has 0 aliphatic heterocycles. The molecule has 0 atom stereocenters. The number of hydrogen-bond donors (Lipinski definition) is 1. The fraction of sp³-hybridized carbons (Fsp3) is 0.111. The van der Waals surface area contributed by atoms with Gasteiger partial charge in [0.15, 0.2) is 0 Å². The summed E-state index contributed by atoms with van der Waals surface area (Å²) in [5, 5.41) is 10.9. The van der Waals surface area contributed by atoms with Crippen LogP contribution in [0.4, 0.5) is 0 Å². The molecule has 0 fully saturated rings. The minimum atomic E-state index is -0.912. The van der Waals surface area contributed by atoms with Gasteiger partial charge < -0.3 is 9.67 Å². The maximum Gasteiger partial charge on any atom is 0.309 e. The van der Waals surface area contributed by atoms with Gasteiger partial charge in [0, 0.05) is 23.2 Å². The Hall–Kier alpha value is -2.66. The quantitative estimate of drug-likeness (QED) is 0.729. The van der Waals surface area contributed by atoms with Gasteiger partial charge in [-0.25, -0.2) is 0 Å². The second kappa shape index (κ2) is 6.22. The molecule has 0 spiro atoms. The molecule has 0 radical (unpaired) electrons. The van der Waals surface area contributed by atoms with Crippen LogP contribution in [0.2, 0.25) is 0 Å². The van der Waals surface area contributed by atoms with E-state index in [2.05, 4.69) is 0 Å². The molecule has 0 saturated heterocycles. The van der Waals surface area contributed by atoms with E-state index < -0.39 is 5.97 Å². The Labute approximate surface area is 137 Å². The van der Waals surface area contributed by atoms with E-state index in [4.69, 9.17) is 5.11 Å². The van der Waals surface area contributed by atoms with Gasteiger partial charge in [-0.15, -0.1) is 11.3 Å². The molecule has 0 amide bonds. The van der Waals surface area contributed by atoms with Crippen LogP contribution in [0.3, 0.4) is 0 Å². The van der Waals surface area contributed by atoms with E-state index >= 15 is 0 Å². The number of hydrogen-bond acceptors (Lipinski definition) is 3. The molecule has 3 aromatic rings. The van der Waals surface area contributed by atoms with E-state index in [-0.39, 0.29) is 12.2 Å². The number of thiophene rings is 1. The largest absolute Gasteiger partial charge is 0.481 e. The van der Waals surface area contributed by atoms with Crippen molar-refractivity contribution in [2.24, 2.45) is 7.05 Å². The van der Waals surface area contributed by atoms with E-state index in [1.807, 2.05) is 35.7 Å². The molecule has 1 N–H and O–H groups in total. The van der Waals surface area contributed by atoms with Crippen LogP contribution >= 0.6 is 11.3 Å². The van der Waals surface area contributed by atoms with Gasteiger partial charge in [-0.1, -0.05) is 24.3 Å². The molecule has 116 valence electrons. The van der Waals surface area contributed by atoms with Crippen molar-refractivity contribution in [1.29, 1.82) is 0 Å². The zero-order chi connectivity index (χ0) is 16.4. The van der Waals surface area contributed by atoms with Crippen LogP contribution in [0.1, 0.15) is 21.7 Å². The van der Waals surface area contributed by atoms with Crippen LogP contribution in [-0.4, -0.2) is 21.4 Å². The fourth-order valence-electron chi connectivity index (χ4n) is 2.52. The van der Waals surface area contributed by atoms with Gasteiger partial charge in [0.1, 0.15) is 0 Å². The lowest BCUT2D eigenvalue weighted by molar-refractivity contribution is -0.136. The predicted octanol–water partition coefficient (Wildman–Crippen LogP) is 3.61. The number of aromatic nitrogens is 1. The summed E-state index contributed by atoms with van der Waals surface area (Å²) in [6.07, 6.45) is -0.0982. The lowest BCUT2D eigenvalue weighted by atomic mass is 10.0. The molecule has 4 nitrogen and oxygen atoms in total. The first-order valence-corrected chi connectivity index (χ1v) is 7.99. The second-order valence-electron chi connectivity index (χ2n) is 5.23. The molecule has 3 rings (SSSR count). The highest BCUT2D eigenvalue weighted by molar-refractivity contribution is 7.13.